The summed E-state index contributed by atoms with van der Waals surface area (Å²) in [6, 6.07) is 0. The van der Waals surface area contributed by atoms with Gasteiger partial charge >= 0.3 is 5.97 Å². The second-order valence-electron chi connectivity index (χ2n) is 7.36. The van der Waals surface area contributed by atoms with E-state index in [9.17, 15) is 9.90 Å². The third-order valence-corrected chi connectivity index (χ3v) is 5.60. The molecular formula is C17H31NO2. The summed E-state index contributed by atoms with van der Waals surface area (Å²) in [4.78, 5) is 14.2. The number of carboxylic acid groups (broad SMARTS) is 1. The number of rotatable bonds is 4. The van der Waals surface area contributed by atoms with Gasteiger partial charge in [0.05, 0.1) is 5.41 Å². The summed E-state index contributed by atoms with van der Waals surface area (Å²) in [5, 5.41) is 9.70. The number of nitrogens with zero attached hydrogens (tertiary/aromatic N) is 1. The molecule has 0 amide bonds. The molecule has 1 atom stereocenters. The molecule has 1 aliphatic heterocycles. The van der Waals surface area contributed by atoms with E-state index in [0.717, 1.165) is 57.2 Å². The Bertz CT molecular complexity index is 321. The van der Waals surface area contributed by atoms with Crippen molar-refractivity contribution < 1.29 is 9.90 Å². The van der Waals surface area contributed by atoms with Crippen LogP contribution in [0.25, 0.3) is 0 Å². The zero-order chi connectivity index (χ0) is 14.6. The summed E-state index contributed by atoms with van der Waals surface area (Å²) < 4.78 is 0. The summed E-state index contributed by atoms with van der Waals surface area (Å²) >= 11 is 0. The Kier molecular flexibility index (Phi) is 5.48. The first-order chi connectivity index (χ1) is 9.53. The van der Waals surface area contributed by atoms with Crippen LogP contribution < -0.4 is 0 Å². The predicted octanol–water partition coefficient (Wildman–Crippen LogP) is 3.78. The van der Waals surface area contributed by atoms with Crippen molar-refractivity contribution in [2.45, 2.75) is 65.2 Å². The van der Waals surface area contributed by atoms with Gasteiger partial charge < -0.3 is 10.0 Å². The molecule has 0 aromatic rings. The van der Waals surface area contributed by atoms with E-state index in [-0.39, 0.29) is 0 Å². The summed E-state index contributed by atoms with van der Waals surface area (Å²) in [5.74, 6) is 1.03. The minimum absolute atomic E-state index is 0.448. The van der Waals surface area contributed by atoms with Crippen LogP contribution in [0.1, 0.15) is 65.2 Å². The monoisotopic (exact) mass is 281 g/mol. The maximum Gasteiger partial charge on any atom is 0.310 e. The quantitative estimate of drug-likeness (QED) is 0.852. The van der Waals surface area contributed by atoms with Crippen molar-refractivity contribution in [2.75, 3.05) is 19.6 Å². The SMILES string of the molecule is CC(C)C1CCCN(CC2(C(=O)O)CCCCC2)CC1. The van der Waals surface area contributed by atoms with Crippen molar-refractivity contribution in [3.63, 3.8) is 0 Å². The van der Waals surface area contributed by atoms with Crippen molar-refractivity contribution in [2.24, 2.45) is 17.3 Å². The highest BCUT2D eigenvalue weighted by atomic mass is 16.4. The predicted molar refractivity (Wildman–Crippen MR) is 81.8 cm³/mol. The van der Waals surface area contributed by atoms with Gasteiger partial charge in [0, 0.05) is 6.54 Å². The lowest BCUT2D eigenvalue weighted by Crippen LogP contribution is -2.45. The number of hydrogen-bond donors (Lipinski definition) is 1. The largest absolute Gasteiger partial charge is 0.481 e. The number of hydrogen-bond acceptors (Lipinski definition) is 2. The molecule has 0 spiro atoms. The van der Waals surface area contributed by atoms with Crippen LogP contribution in [-0.2, 0) is 4.79 Å². The van der Waals surface area contributed by atoms with Crippen molar-refractivity contribution in [3.05, 3.63) is 0 Å². The van der Waals surface area contributed by atoms with Gasteiger partial charge in [0.1, 0.15) is 0 Å². The molecule has 0 aromatic carbocycles. The van der Waals surface area contributed by atoms with Crippen molar-refractivity contribution in [3.8, 4) is 0 Å². The smallest absolute Gasteiger partial charge is 0.310 e. The van der Waals surface area contributed by atoms with Gasteiger partial charge in [-0.2, -0.15) is 0 Å². The molecule has 2 aliphatic rings. The first-order valence-electron chi connectivity index (χ1n) is 8.49. The van der Waals surface area contributed by atoms with Gasteiger partial charge in [-0.25, -0.2) is 0 Å². The van der Waals surface area contributed by atoms with Crippen LogP contribution in [0.5, 0.6) is 0 Å². The van der Waals surface area contributed by atoms with E-state index in [0.29, 0.717) is 0 Å². The second kappa shape index (κ2) is 6.93. The molecule has 1 aliphatic carbocycles. The lowest BCUT2D eigenvalue weighted by molar-refractivity contribution is -0.152. The maximum atomic E-state index is 11.8. The molecule has 116 valence electrons. The van der Waals surface area contributed by atoms with E-state index in [4.69, 9.17) is 0 Å². The van der Waals surface area contributed by atoms with Gasteiger partial charge in [0.2, 0.25) is 0 Å². The zero-order valence-electron chi connectivity index (χ0n) is 13.2. The third kappa shape index (κ3) is 3.75. The maximum absolute atomic E-state index is 11.8. The van der Waals surface area contributed by atoms with Crippen LogP contribution in [0.4, 0.5) is 0 Å². The van der Waals surface area contributed by atoms with Crippen LogP contribution >= 0.6 is 0 Å². The average molecular weight is 281 g/mol. The first-order valence-corrected chi connectivity index (χ1v) is 8.49. The van der Waals surface area contributed by atoms with Crippen LogP contribution in [0.2, 0.25) is 0 Å². The topological polar surface area (TPSA) is 40.5 Å². The fraction of sp³-hybridized carbons (Fsp3) is 0.941. The van der Waals surface area contributed by atoms with Crippen LogP contribution in [0.3, 0.4) is 0 Å². The lowest BCUT2D eigenvalue weighted by atomic mass is 9.73. The molecule has 2 fully saturated rings. The van der Waals surface area contributed by atoms with Gasteiger partial charge in [-0.1, -0.05) is 33.1 Å². The highest BCUT2D eigenvalue weighted by molar-refractivity contribution is 5.75. The Labute approximate surface area is 123 Å². The van der Waals surface area contributed by atoms with E-state index in [1.54, 1.807) is 0 Å². The van der Waals surface area contributed by atoms with Crippen LogP contribution in [-0.4, -0.2) is 35.6 Å². The Balaban J connectivity index is 1.95. The van der Waals surface area contributed by atoms with E-state index in [1.165, 1.54) is 25.7 Å². The highest BCUT2D eigenvalue weighted by Gasteiger charge is 2.41. The molecule has 3 nitrogen and oxygen atoms in total. The van der Waals surface area contributed by atoms with E-state index in [2.05, 4.69) is 18.7 Å². The third-order valence-electron chi connectivity index (χ3n) is 5.60. The molecule has 1 unspecified atom stereocenters. The Hall–Kier alpha value is -0.570. The normalized spacial score (nSPS) is 28.2. The van der Waals surface area contributed by atoms with Gasteiger partial charge in [-0.3, -0.25) is 4.79 Å². The molecule has 0 aromatic heterocycles. The van der Waals surface area contributed by atoms with E-state index in [1.807, 2.05) is 0 Å². The number of carboxylic acids is 1. The second-order valence-corrected chi connectivity index (χ2v) is 7.36. The number of likely N-dealkylation sites (tertiary alicyclic amines) is 1. The molecule has 1 heterocycles. The minimum atomic E-state index is -0.554. The molecular weight excluding hydrogens is 250 g/mol. The van der Waals surface area contributed by atoms with Gasteiger partial charge in [-0.05, 0) is 57.0 Å². The summed E-state index contributed by atoms with van der Waals surface area (Å²) in [7, 11) is 0. The minimum Gasteiger partial charge on any atom is -0.481 e. The van der Waals surface area contributed by atoms with Gasteiger partial charge in [0.25, 0.3) is 0 Å². The van der Waals surface area contributed by atoms with E-state index < -0.39 is 11.4 Å². The van der Waals surface area contributed by atoms with Crippen LogP contribution in [0.15, 0.2) is 0 Å². The Morgan fingerprint density at radius 3 is 2.45 bits per heavy atom. The van der Waals surface area contributed by atoms with Crippen molar-refractivity contribution >= 4 is 5.97 Å². The molecule has 2 rings (SSSR count). The summed E-state index contributed by atoms with van der Waals surface area (Å²) in [6.45, 7) is 7.61. The molecule has 20 heavy (non-hydrogen) atoms. The highest BCUT2D eigenvalue weighted by Crippen LogP contribution is 2.38. The molecule has 1 saturated carbocycles. The zero-order valence-corrected chi connectivity index (χ0v) is 13.2. The van der Waals surface area contributed by atoms with Gasteiger partial charge in [0.15, 0.2) is 0 Å². The molecule has 1 N–H and O–H groups in total. The summed E-state index contributed by atoms with van der Waals surface area (Å²) in [5.41, 5.74) is -0.448. The number of aliphatic carboxylic acids is 1. The van der Waals surface area contributed by atoms with Crippen LogP contribution in [0, 0.1) is 17.3 Å². The van der Waals surface area contributed by atoms with E-state index >= 15 is 0 Å². The molecule has 0 bridgehead atoms. The van der Waals surface area contributed by atoms with Gasteiger partial charge in [-0.15, -0.1) is 0 Å². The van der Waals surface area contributed by atoms with Crippen molar-refractivity contribution in [1.82, 2.24) is 4.90 Å². The first kappa shape index (κ1) is 15.8. The lowest BCUT2D eigenvalue weighted by Gasteiger charge is -2.37. The summed E-state index contributed by atoms with van der Waals surface area (Å²) in [6.07, 6.45) is 8.95. The molecule has 0 radical (unpaired) electrons. The number of carbonyl (C=O) groups is 1. The molecule has 3 heteroatoms. The fourth-order valence-electron chi connectivity index (χ4n) is 4.10. The van der Waals surface area contributed by atoms with Crippen molar-refractivity contribution in [1.29, 1.82) is 0 Å². The molecule has 1 saturated heterocycles. The fourth-order valence-corrected chi connectivity index (χ4v) is 4.10. The Morgan fingerprint density at radius 1 is 1.15 bits per heavy atom. The Morgan fingerprint density at radius 2 is 1.85 bits per heavy atom. The average Bonchev–Trinajstić information content (AvgIpc) is 2.65. The standard InChI is InChI=1S/C17H31NO2/c1-14(2)15-7-6-11-18(12-8-15)13-17(16(19)20)9-4-3-5-10-17/h14-15H,3-13H2,1-2H3,(H,19,20).